The van der Waals surface area contributed by atoms with Crippen molar-refractivity contribution in [3.8, 4) is 0 Å². The average Bonchev–Trinajstić information content (AvgIpc) is 2.62. The molecule has 0 saturated heterocycles. The smallest absolute Gasteiger partial charge is 0.309 e. The molecule has 1 aromatic heterocycles. The highest BCUT2D eigenvalue weighted by molar-refractivity contribution is 8.03. The monoisotopic (exact) mass is 264 g/mol. The van der Waals surface area contributed by atoms with Crippen molar-refractivity contribution >= 4 is 40.8 Å². The van der Waals surface area contributed by atoms with Crippen molar-refractivity contribution in [2.24, 2.45) is 5.41 Å². The van der Waals surface area contributed by atoms with Crippen LogP contribution in [0.15, 0.2) is 8.68 Å². The fraction of sp³-hybridized carbons (Fsp3) is 0.625. The Kier molecular flexibility index (Phi) is 4.42. The molecule has 15 heavy (non-hydrogen) atoms. The van der Waals surface area contributed by atoms with E-state index in [1.54, 1.807) is 25.6 Å². The van der Waals surface area contributed by atoms with E-state index >= 15 is 0 Å². The lowest BCUT2D eigenvalue weighted by atomic mass is 9.97. The third-order valence-corrected chi connectivity index (χ3v) is 5.19. The lowest BCUT2D eigenvalue weighted by Gasteiger charge is -2.16. The van der Waals surface area contributed by atoms with Crippen molar-refractivity contribution in [1.29, 1.82) is 0 Å². The Bertz CT molecular complexity index is 351. The molecule has 0 aliphatic heterocycles. The zero-order chi connectivity index (χ0) is 11.5. The van der Waals surface area contributed by atoms with Gasteiger partial charge in [-0.1, -0.05) is 34.9 Å². The van der Waals surface area contributed by atoms with Crippen LogP contribution >= 0.6 is 34.9 Å². The maximum Gasteiger partial charge on any atom is 0.309 e. The molecule has 1 N–H and O–H groups in total. The van der Waals surface area contributed by atoms with Crippen molar-refractivity contribution in [1.82, 2.24) is 10.2 Å². The molecule has 0 fully saturated rings. The van der Waals surface area contributed by atoms with Gasteiger partial charge in [-0.2, -0.15) is 0 Å². The number of hydrogen-bond acceptors (Lipinski definition) is 6. The Morgan fingerprint density at radius 2 is 2.07 bits per heavy atom. The summed E-state index contributed by atoms with van der Waals surface area (Å²) in [5.74, 6) is -0.282. The largest absolute Gasteiger partial charge is 0.481 e. The van der Waals surface area contributed by atoms with Crippen LogP contribution < -0.4 is 0 Å². The van der Waals surface area contributed by atoms with E-state index in [-0.39, 0.29) is 0 Å². The minimum atomic E-state index is -0.787. The second-order valence-corrected chi connectivity index (χ2v) is 6.77. The average molecular weight is 264 g/mol. The Hall–Kier alpha value is -0.270. The van der Waals surface area contributed by atoms with Crippen LogP contribution in [0.2, 0.25) is 0 Å². The zero-order valence-electron chi connectivity index (χ0n) is 8.68. The number of aliphatic carboxylic acids is 1. The fourth-order valence-electron chi connectivity index (χ4n) is 0.642. The van der Waals surface area contributed by atoms with Gasteiger partial charge in [0.2, 0.25) is 0 Å². The third-order valence-electron chi connectivity index (χ3n) is 1.70. The third kappa shape index (κ3) is 3.66. The minimum Gasteiger partial charge on any atom is -0.481 e. The molecule has 0 unspecified atom stereocenters. The van der Waals surface area contributed by atoms with Gasteiger partial charge in [0.15, 0.2) is 8.68 Å². The predicted molar refractivity (Wildman–Crippen MR) is 63.8 cm³/mol. The maximum atomic E-state index is 10.9. The molecular formula is C8H12N2O2S3. The van der Waals surface area contributed by atoms with Crippen LogP contribution in [-0.4, -0.2) is 33.3 Å². The SMILES string of the molecule is CSc1nnc(SCC(C)(C)C(=O)O)s1. The van der Waals surface area contributed by atoms with E-state index in [0.717, 1.165) is 8.68 Å². The Morgan fingerprint density at radius 3 is 2.53 bits per heavy atom. The Labute approximate surface area is 101 Å². The van der Waals surface area contributed by atoms with Crippen LogP contribution in [0.25, 0.3) is 0 Å². The molecule has 0 amide bonds. The number of carboxylic acids is 1. The van der Waals surface area contributed by atoms with E-state index in [4.69, 9.17) is 5.11 Å². The highest BCUT2D eigenvalue weighted by atomic mass is 32.2. The van der Waals surface area contributed by atoms with Gasteiger partial charge in [-0.3, -0.25) is 4.79 Å². The van der Waals surface area contributed by atoms with Gasteiger partial charge in [-0.15, -0.1) is 10.2 Å². The quantitative estimate of drug-likeness (QED) is 0.824. The van der Waals surface area contributed by atoms with Gasteiger partial charge in [-0.25, -0.2) is 0 Å². The number of thioether (sulfide) groups is 2. The minimum absolute atomic E-state index is 0.505. The summed E-state index contributed by atoms with van der Waals surface area (Å²) >= 11 is 4.48. The van der Waals surface area contributed by atoms with Crippen molar-refractivity contribution in [3.05, 3.63) is 0 Å². The van der Waals surface area contributed by atoms with Crippen LogP contribution in [0, 0.1) is 5.41 Å². The normalized spacial score (nSPS) is 11.7. The van der Waals surface area contributed by atoms with E-state index < -0.39 is 11.4 Å². The molecule has 1 heterocycles. The molecular weight excluding hydrogens is 252 g/mol. The number of aromatic nitrogens is 2. The van der Waals surface area contributed by atoms with Crippen LogP contribution in [0.5, 0.6) is 0 Å². The number of rotatable bonds is 5. The molecule has 0 saturated carbocycles. The van der Waals surface area contributed by atoms with Crippen LogP contribution in [0.1, 0.15) is 13.8 Å². The summed E-state index contributed by atoms with van der Waals surface area (Å²) in [6, 6.07) is 0. The van der Waals surface area contributed by atoms with Gasteiger partial charge < -0.3 is 5.11 Å². The molecule has 0 atom stereocenters. The fourth-order valence-corrected chi connectivity index (χ4v) is 3.16. The molecule has 0 aromatic carbocycles. The molecule has 84 valence electrons. The molecule has 0 bridgehead atoms. The summed E-state index contributed by atoms with van der Waals surface area (Å²) < 4.78 is 1.74. The van der Waals surface area contributed by atoms with Gasteiger partial charge in [-0.05, 0) is 20.1 Å². The predicted octanol–water partition coefficient (Wildman–Crippen LogP) is 2.46. The first-order chi connectivity index (χ1) is 6.95. The van der Waals surface area contributed by atoms with Gasteiger partial charge in [0.05, 0.1) is 5.41 Å². The molecule has 0 spiro atoms. The number of carbonyl (C=O) groups is 1. The standard InChI is InChI=1S/C8H12N2O2S3/c1-8(2,5(11)12)4-14-7-10-9-6(13-3)15-7/h4H2,1-3H3,(H,11,12). The summed E-state index contributed by atoms with van der Waals surface area (Å²) in [5, 5.41) is 16.8. The second-order valence-electron chi connectivity index (χ2n) is 3.52. The van der Waals surface area contributed by atoms with Gasteiger partial charge in [0, 0.05) is 5.75 Å². The summed E-state index contributed by atoms with van der Waals surface area (Å²) in [6.07, 6.45) is 1.94. The van der Waals surface area contributed by atoms with E-state index in [1.807, 2.05) is 6.26 Å². The van der Waals surface area contributed by atoms with E-state index in [2.05, 4.69) is 10.2 Å². The van der Waals surface area contributed by atoms with Crippen molar-refractivity contribution in [2.75, 3.05) is 12.0 Å². The van der Waals surface area contributed by atoms with E-state index in [9.17, 15) is 4.79 Å². The molecule has 0 aliphatic carbocycles. The molecule has 7 heteroatoms. The maximum absolute atomic E-state index is 10.9. The van der Waals surface area contributed by atoms with E-state index in [0.29, 0.717) is 5.75 Å². The van der Waals surface area contributed by atoms with Crippen LogP contribution in [-0.2, 0) is 4.79 Å². The van der Waals surface area contributed by atoms with Crippen LogP contribution in [0.4, 0.5) is 0 Å². The Morgan fingerprint density at radius 1 is 1.47 bits per heavy atom. The number of nitrogens with zero attached hydrogens (tertiary/aromatic N) is 2. The highest BCUT2D eigenvalue weighted by Crippen LogP contribution is 2.31. The van der Waals surface area contributed by atoms with Gasteiger partial charge >= 0.3 is 5.97 Å². The van der Waals surface area contributed by atoms with Gasteiger partial charge in [0.1, 0.15) is 0 Å². The van der Waals surface area contributed by atoms with Crippen molar-refractivity contribution in [2.45, 2.75) is 22.5 Å². The molecule has 1 rings (SSSR count). The van der Waals surface area contributed by atoms with Gasteiger partial charge in [0.25, 0.3) is 0 Å². The number of hydrogen-bond donors (Lipinski definition) is 1. The molecule has 1 aromatic rings. The summed E-state index contributed by atoms with van der Waals surface area (Å²) in [7, 11) is 0. The highest BCUT2D eigenvalue weighted by Gasteiger charge is 2.27. The van der Waals surface area contributed by atoms with Crippen molar-refractivity contribution in [3.63, 3.8) is 0 Å². The first kappa shape index (κ1) is 12.8. The van der Waals surface area contributed by atoms with E-state index in [1.165, 1.54) is 23.1 Å². The first-order valence-electron chi connectivity index (χ1n) is 4.19. The Balaban J connectivity index is 2.53. The molecule has 0 aliphatic rings. The lowest BCUT2D eigenvalue weighted by Crippen LogP contribution is -2.26. The lowest BCUT2D eigenvalue weighted by molar-refractivity contribution is -0.145. The topological polar surface area (TPSA) is 63.1 Å². The zero-order valence-corrected chi connectivity index (χ0v) is 11.1. The second kappa shape index (κ2) is 5.18. The first-order valence-corrected chi connectivity index (χ1v) is 7.22. The number of carboxylic acid groups (broad SMARTS) is 1. The summed E-state index contributed by atoms with van der Waals surface area (Å²) in [4.78, 5) is 10.9. The summed E-state index contributed by atoms with van der Waals surface area (Å²) in [5.41, 5.74) is -0.726. The molecule has 0 radical (unpaired) electrons. The summed E-state index contributed by atoms with van der Waals surface area (Å²) in [6.45, 7) is 3.41. The molecule has 4 nitrogen and oxygen atoms in total. The van der Waals surface area contributed by atoms with Crippen LogP contribution in [0.3, 0.4) is 0 Å². The van der Waals surface area contributed by atoms with Crippen molar-refractivity contribution < 1.29 is 9.90 Å².